The second-order valence-corrected chi connectivity index (χ2v) is 6.21. The van der Waals surface area contributed by atoms with Crippen molar-refractivity contribution in [1.29, 1.82) is 0 Å². The summed E-state index contributed by atoms with van der Waals surface area (Å²) >= 11 is 0. The molecule has 5 heteroatoms. The number of carbonyl (C=O) groups excluding carboxylic acids is 1. The number of carbonyl (C=O) groups is 1. The van der Waals surface area contributed by atoms with Crippen LogP contribution in [0.1, 0.15) is 12.0 Å². The topological polar surface area (TPSA) is 51.7 Å². The largest absolute Gasteiger partial charge is 0.494 e. The number of methoxy groups -OCH3 is 1. The number of hydrogen-bond donors (Lipinski definition) is 0. The lowest BCUT2D eigenvalue weighted by Crippen LogP contribution is -2.30. The third-order valence-corrected chi connectivity index (χ3v) is 4.57. The van der Waals surface area contributed by atoms with E-state index in [1.807, 2.05) is 48.5 Å². The molecule has 1 aliphatic rings. The van der Waals surface area contributed by atoms with E-state index in [0.29, 0.717) is 19.6 Å². The second-order valence-electron chi connectivity index (χ2n) is 6.21. The van der Waals surface area contributed by atoms with E-state index >= 15 is 0 Å². The average molecular weight is 348 g/mol. The number of ether oxygens (including phenoxy) is 2. The molecule has 2 heterocycles. The number of aromatic nitrogens is 1. The molecule has 0 atom stereocenters. The van der Waals surface area contributed by atoms with E-state index in [2.05, 4.69) is 6.07 Å². The first-order chi connectivity index (χ1) is 12.8. The van der Waals surface area contributed by atoms with Crippen molar-refractivity contribution in [3.8, 4) is 11.5 Å². The highest BCUT2D eigenvalue weighted by Crippen LogP contribution is 2.33. The number of hydrogen-bond acceptors (Lipinski definition) is 4. The van der Waals surface area contributed by atoms with Gasteiger partial charge in [-0.2, -0.15) is 0 Å². The van der Waals surface area contributed by atoms with Crippen molar-refractivity contribution < 1.29 is 14.3 Å². The molecule has 1 aromatic heterocycles. The van der Waals surface area contributed by atoms with Crippen LogP contribution in [0.5, 0.6) is 11.5 Å². The summed E-state index contributed by atoms with van der Waals surface area (Å²) in [6.45, 7) is 1.01. The molecular weight excluding hydrogens is 328 g/mol. The second kappa shape index (κ2) is 7.04. The Morgan fingerprint density at radius 2 is 2.00 bits per heavy atom. The Kier molecular flexibility index (Phi) is 4.44. The van der Waals surface area contributed by atoms with E-state index in [0.717, 1.165) is 40.2 Å². The van der Waals surface area contributed by atoms with E-state index in [9.17, 15) is 4.79 Å². The molecule has 0 aliphatic carbocycles. The third-order valence-electron chi connectivity index (χ3n) is 4.57. The van der Waals surface area contributed by atoms with Gasteiger partial charge in [-0.05, 0) is 36.2 Å². The molecule has 0 spiro atoms. The lowest BCUT2D eigenvalue weighted by molar-refractivity contribution is -0.119. The maximum atomic E-state index is 12.7. The minimum atomic E-state index is 0.0291. The van der Waals surface area contributed by atoms with Crippen LogP contribution in [-0.2, 0) is 11.2 Å². The monoisotopic (exact) mass is 348 g/mol. The van der Waals surface area contributed by atoms with Gasteiger partial charge >= 0.3 is 0 Å². The summed E-state index contributed by atoms with van der Waals surface area (Å²) in [7, 11) is 1.63. The third kappa shape index (κ3) is 3.08. The van der Waals surface area contributed by atoms with Gasteiger partial charge in [0, 0.05) is 11.9 Å². The van der Waals surface area contributed by atoms with Gasteiger partial charge in [0.15, 0.2) is 0 Å². The maximum Gasteiger partial charge on any atom is 0.231 e. The first-order valence-corrected chi connectivity index (χ1v) is 8.71. The molecular formula is C21H20N2O3. The average Bonchev–Trinajstić information content (AvgIpc) is 3.09. The summed E-state index contributed by atoms with van der Waals surface area (Å²) in [5.41, 5.74) is 1.89. The SMILES string of the molecule is COc1cccc2cc3c(nc12)N(C(=O)CCOc1ccccc1)CC3. The number of pyridine rings is 1. The summed E-state index contributed by atoms with van der Waals surface area (Å²) < 4.78 is 11.1. The van der Waals surface area contributed by atoms with Crippen LogP contribution in [0.25, 0.3) is 10.9 Å². The van der Waals surface area contributed by atoms with Crippen LogP contribution in [0.3, 0.4) is 0 Å². The van der Waals surface area contributed by atoms with Crippen molar-refractivity contribution in [2.24, 2.45) is 0 Å². The number of amides is 1. The molecule has 4 rings (SSSR count). The van der Waals surface area contributed by atoms with Gasteiger partial charge in [0.1, 0.15) is 22.8 Å². The van der Waals surface area contributed by atoms with Crippen LogP contribution < -0.4 is 14.4 Å². The fraction of sp³-hybridized carbons (Fsp3) is 0.238. The number of anilines is 1. The molecule has 0 saturated carbocycles. The summed E-state index contributed by atoms with van der Waals surface area (Å²) in [4.78, 5) is 19.2. The Labute approximate surface area is 152 Å². The fourth-order valence-electron chi connectivity index (χ4n) is 3.28. The van der Waals surface area contributed by atoms with Crippen LogP contribution in [-0.4, -0.2) is 31.2 Å². The number of para-hydroxylation sites is 2. The predicted octanol–water partition coefficient (Wildman–Crippen LogP) is 3.60. The zero-order valence-corrected chi connectivity index (χ0v) is 14.6. The Morgan fingerprint density at radius 1 is 1.15 bits per heavy atom. The van der Waals surface area contributed by atoms with Crippen molar-refractivity contribution in [3.05, 3.63) is 60.2 Å². The van der Waals surface area contributed by atoms with Crippen molar-refractivity contribution in [2.75, 3.05) is 25.2 Å². The zero-order valence-electron chi connectivity index (χ0n) is 14.6. The molecule has 0 saturated heterocycles. The van der Waals surface area contributed by atoms with E-state index in [1.54, 1.807) is 12.0 Å². The van der Waals surface area contributed by atoms with Gasteiger partial charge in [0.25, 0.3) is 0 Å². The number of fused-ring (bicyclic) bond motifs is 2. The first-order valence-electron chi connectivity index (χ1n) is 8.71. The molecule has 26 heavy (non-hydrogen) atoms. The Morgan fingerprint density at radius 3 is 2.81 bits per heavy atom. The lowest BCUT2D eigenvalue weighted by Gasteiger charge is -2.17. The minimum Gasteiger partial charge on any atom is -0.494 e. The number of rotatable bonds is 5. The number of nitrogens with zero attached hydrogens (tertiary/aromatic N) is 2. The highest BCUT2D eigenvalue weighted by molar-refractivity contribution is 5.97. The smallest absolute Gasteiger partial charge is 0.231 e. The molecule has 5 nitrogen and oxygen atoms in total. The maximum absolute atomic E-state index is 12.7. The summed E-state index contributed by atoms with van der Waals surface area (Å²) in [6.07, 6.45) is 1.14. The molecule has 1 aliphatic heterocycles. The number of benzene rings is 2. The van der Waals surface area contributed by atoms with Crippen molar-refractivity contribution in [2.45, 2.75) is 12.8 Å². The van der Waals surface area contributed by atoms with Gasteiger partial charge in [-0.1, -0.05) is 30.3 Å². The van der Waals surface area contributed by atoms with Gasteiger partial charge < -0.3 is 9.47 Å². The van der Waals surface area contributed by atoms with E-state index < -0.39 is 0 Å². The van der Waals surface area contributed by atoms with Crippen LogP contribution in [0.4, 0.5) is 5.82 Å². The molecule has 0 fully saturated rings. The van der Waals surface area contributed by atoms with Gasteiger partial charge in [-0.25, -0.2) is 4.98 Å². The lowest BCUT2D eigenvalue weighted by atomic mass is 10.1. The normalized spacial score (nSPS) is 12.9. The molecule has 0 N–H and O–H groups in total. The van der Waals surface area contributed by atoms with Crippen molar-refractivity contribution >= 4 is 22.6 Å². The predicted molar refractivity (Wildman–Crippen MR) is 101 cm³/mol. The summed E-state index contributed by atoms with van der Waals surface area (Å²) in [5, 5.41) is 1.03. The molecule has 0 radical (unpaired) electrons. The van der Waals surface area contributed by atoms with Gasteiger partial charge in [-0.3, -0.25) is 9.69 Å². The fourth-order valence-corrected chi connectivity index (χ4v) is 3.28. The Bertz CT molecular complexity index is 941. The Hall–Kier alpha value is -3.08. The van der Waals surface area contributed by atoms with Gasteiger partial charge in [-0.15, -0.1) is 0 Å². The quantitative estimate of drug-likeness (QED) is 0.707. The summed E-state index contributed by atoms with van der Waals surface area (Å²) in [6, 6.07) is 17.5. The van der Waals surface area contributed by atoms with Gasteiger partial charge in [0.2, 0.25) is 5.91 Å². The molecule has 0 bridgehead atoms. The van der Waals surface area contributed by atoms with E-state index in [4.69, 9.17) is 14.5 Å². The van der Waals surface area contributed by atoms with E-state index in [1.165, 1.54) is 0 Å². The molecule has 1 amide bonds. The zero-order chi connectivity index (χ0) is 17.9. The standard InChI is InChI=1S/C21H20N2O3/c1-25-18-9-5-6-15-14-16-10-12-23(21(16)22-20(15)18)19(24)11-13-26-17-7-3-2-4-8-17/h2-9,14H,10-13H2,1H3. The van der Waals surface area contributed by atoms with Crippen LogP contribution in [0, 0.1) is 0 Å². The molecule has 0 unspecified atom stereocenters. The minimum absolute atomic E-state index is 0.0291. The van der Waals surface area contributed by atoms with E-state index in [-0.39, 0.29) is 5.91 Å². The molecule has 3 aromatic rings. The highest BCUT2D eigenvalue weighted by atomic mass is 16.5. The van der Waals surface area contributed by atoms with Crippen LogP contribution >= 0.6 is 0 Å². The highest BCUT2D eigenvalue weighted by Gasteiger charge is 2.27. The van der Waals surface area contributed by atoms with Crippen LogP contribution in [0.2, 0.25) is 0 Å². The first kappa shape index (κ1) is 16.4. The van der Waals surface area contributed by atoms with Crippen molar-refractivity contribution in [1.82, 2.24) is 4.98 Å². The Balaban J connectivity index is 1.51. The van der Waals surface area contributed by atoms with Crippen LogP contribution in [0.15, 0.2) is 54.6 Å². The van der Waals surface area contributed by atoms with Crippen molar-refractivity contribution in [3.63, 3.8) is 0 Å². The van der Waals surface area contributed by atoms with Gasteiger partial charge in [0.05, 0.1) is 20.1 Å². The molecule has 2 aromatic carbocycles. The molecule has 132 valence electrons. The summed E-state index contributed by atoms with van der Waals surface area (Å²) in [5.74, 6) is 2.26.